The van der Waals surface area contributed by atoms with Crippen LogP contribution in [0.3, 0.4) is 0 Å². The normalized spacial score (nSPS) is 24.9. The van der Waals surface area contributed by atoms with Crippen molar-refractivity contribution in [1.29, 1.82) is 0 Å². The Bertz CT molecular complexity index is 235. The number of hydrogen-bond donors (Lipinski definition) is 1. The van der Waals surface area contributed by atoms with Crippen molar-refractivity contribution >= 4 is 11.9 Å². The molecule has 13 heavy (non-hydrogen) atoms. The lowest BCUT2D eigenvalue weighted by Crippen LogP contribution is -2.58. The van der Waals surface area contributed by atoms with Gasteiger partial charge < -0.3 is 14.6 Å². The first-order chi connectivity index (χ1) is 5.82. The van der Waals surface area contributed by atoms with Crippen molar-refractivity contribution in [1.82, 2.24) is 0 Å². The third-order valence-corrected chi connectivity index (χ3v) is 1.86. The summed E-state index contributed by atoms with van der Waals surface area (Å²) in [6, 6.07) is 0. The number of esters is 2. The van der Waals surface area contributed by atoms with E-state index in [4.69, 9.17) is 9.47 Å². The SMILES string of the molecule is CCC1(O)C(=O)OC(C)(C)OC1=O. The van der Waals surface area contributed by atoms with Crippen LogP contribution in [0.5, 0.6) is 0 Å². The monoisotopic (exact) mass is 188 g/mol. The summed E-state index contributed by atoms with van der Waals surface area (Å²) < 4.78 is 9.44. The summed E-state index contributed by atoms with van der Waals surface area (Å²) in [6.07, 6.45) is -0.0548. The fourth-order valence-corrected chi connectivity index (χ4v) is 1.01. The predicted molar refractivity (Wildman–Crippen MR) is 41.5 cm³/mol. The summed E-state index contributed by atoms with van der Waals surface area (Å²) in [6.45, 7) is 4.36. The number of rotatable bonds is 1. The van der Waals surface area contributed by atoms with Gasteiger partial charge in [-0.1, -0.05) is 6.92 Å². The van der Waals surface area contributed by atoms with Crippen molar-refractivity contribution in [2.24, 2.45) is 0 Å². The molecule has 0 aromatic carbocycles. The van der Waals surface area contributed by atoms with Gasteiger partial charge in [0.2, 0.25) is 0 Å². The van der Waals surface area contributed by atoms with Crippen LogP contribution in [0.25, 0.3) is 0 Å². The van der Waals surface area contributed by atoms with Crippen LogP contribution in [0.4, 0.5) is 0 Å². The number of carbonyl (C=O) groups excluding carboxylic acids is 2. The van der Waals surface area contributed by atoms with Crippen LogP contribution in [0.15, 0.2) is 0 Å². The minimum atomic E-state index is -2.13. The van der Waals surface area contributed by atoms with Gasteiger partial charge >= 0.3 is 11.9 Å². The maximum absolute atomic E-state index is 11.2. The molecule has 0 unspecified atom stereocenters. The van der Waals surface area contributed by atoms with Gasteiger partial charge in [0.1, 0.15) is 0 Å². The molecular formula is C8H12O5. The molecule has 1 fully saturated rings. The van der Waals surface area contributed by atoms with E-state index in [1.54, 1.807) is 0 Å². The lowest BCUT2D eigenvalue weighted by atomic mass is 10.00. The van der Waals surface area contributed by atoms with E-state index < -0.39 is 23.3 Å². The molecule has 0 bridgehead atoms. The third kappa shape index (κ3) is 1.51. The first kappa shape index (κ1) is 9.98. The zero-order valence-electron chi connectivity index (χ0n) is 7.79. The van der Waals surface area contributed by atoms with Gasteiger partial charge in [-0.25, -0.2) is 9.59 Å². The molecule has 74 valence electrons. The second-order valence-electron chi connectivity index (χ2n) is 3.39. The van der Waals surface area contributed by atoms with Crippen LogP contribution in [0.1, 0.15) is 27.2 Å². The van der Waals surface area contributed by atoms with Gasteiger partial charge in [-0.05, 0) is 6.42 Å². The van der Waals surface area contributed by atoms with Crippen molar-refractivity contribution < 1.29 is 24.2 Å². The van der Waals surface area contributed by atoms with Crippen LogP contribution in [0, 0.1) is 0 Å². The standard InChI is InChI=1S/C8H12O5/c1-4-8(11)5(9)12-7(2,3)13-6(8)10/h11H,4H2,1-3H3. The summed E-state index contributed by atoms with van der Waals surface area (Å²) in [7, 11) is 0. The summed E-state index contributed by atoms with van der Waals surface area (Å²) >= 11 is 0. The highest BCUT2D eigenvalue weighted by atomic mass is 16.8. The molecule has 0 aliphatic carbocycles. The Labute approximate surface area is 75.6 Å². The molecule has 0 aromatic heterocycles. The van der Waals surface area contributed by atoms with Gasteiger partial charge in [0.15, 0.2) is 0 Å². The molecule has 0 saturated carbocycles. The number of hydrogen-bond acceptors (Lipinski definition) is 5. The molecule has 1 saturated heterocycles. The lowest BCUT2D eigenvalue weighted by molar-refractivity contribution is -0.260. The zero-order valence-corrected chi connectivity index (χ0v) is 7.79. The van der Waals surface area contributed by atoms with Crippen molar-refractivity contribution in [3.05, 3.63) is 0 Å². The van der Waals surface area contributed by atoms with Crippen LogP contribution >= 0.6 is 0 Å². The maximum atomic E-state index is 11.2. The van der Waals surface area contributed by atoms with E-state index >= 15 is 0 Å². The molecule has 5 nitrogen and oxygen atoms in total. The highest BCUT2D eigenvalue weighted by Gasteiger charge is 2.54. The molecule has 0 aromatic rings. The Kier molecular flexibility index (Phi) is 2.07. The summed E-state index contributed by atoms with van der Waals surface area (Å²) in [5.41, 5.74) is -2.13. The van der Waals surface area contributed by atoms with E-state index in [1.807, 2.05) is 0 Å². The smallest absolute Gasteiger partial charge is 0.353 e. The largest absolute Gasteiger partial charge is 0.421 e. The van der Waals surface area contributed by atoms with E-state index in [9.17, 15) is 14.7 Å². The van der Waals surface area contributed by atoms with Gasteiger partial charge in [0.05, 0.1) is 0 Å². The Morgan fingerprint density at radius 1 is 1.23 bits per heavy atom. The van der Waals surface area contributed by atoms with Gasteiger partial charge in [-0.3, -0.25) is 0 Å². The first-order valence-corrected chi connectivity index (χ1v) is 4.01. The molecule has 1 aliphatic heterocycles. The van der Waals surface area contributed by atoms with E-state index in [0.717, 1.165) is 0 Å². The molecule has 1 aliphatic rings. The Balaban J connectivity index is 2.96. The predicted octanol–water partition coefficient (Wildman–Crippen LogP) is -0.0364. The Morgan fingerprint density at radius 3 is 1.92 bits per heavy atom. The molecule has 0 atom stereocenters. The molecule has 5 heteroatoms. The number of aliphatic hydroxyl groups is 1. The van der Waals surface area contributed by atoms with Gasteiger partial charge in [0.25, 0.3) is 11.4 Å². The Hall–Kier alpha value is -1.10. The van der Waals surface area contributed by atoms with Crippen LogP contribution in [-0.4, -0.2) is 28.4 Å². The molecule has 0 radical (unpaired) electrons. The summed E-state index contributed by atoms with van der Waals surface area (Å²) in [4.78, 5) is 22.4. The second kappa shape index (κ2) is 2.70. The molecule has 0 amide bonds. The number of carbonyl (C=O) groups is 2. The molecule has 1 heterocycles. The van der Waals surface area contributed by atoms with Gasteiger partial charge in [-0.2, -0.15) is 0 Å². The van der Waals surface area contributed by atoms with E-state index in [1.165, 1.54) is 20.8 Å². The zero-order chi connectivity index (χ0) is 10.3. The van der Waals surface area contributed by atoms with Crippen LogP contribution < -0.4 is 0 Å². The second-order valence-corrected chi connectivity index (χ2v) is 3.39. The van der Waals surface area contributed by atoms with Crippen molar-refractivity contribution in [2.45, 2.75) is 38.6 Å². The van der Waals surface area contributed by atoms with E-state index in [-0.39, 0.29) is 6.42 Å². The van der Waals surface area contributed by atoms with Gasteiger partial charge in [-0.15, -0.1) is 0 Å². The van der Waals surface area contributed by atoms with Crippen LogP contribution in [-0.2, 0) is 19.1 Å². The molecule has 0 spiro atoms. The van der Waals surface area contributed by atoms with E-state index in [2.05, 4.69) is 0 Å². The topological polar surface area (TPSA) is 72.8 Å². The summed E-state index contributed by atoms with van der Waals surface area (Å²) in [5.74, 6) is -3.18. The van der Waals surface area contributed by atoms with Crippen molar-refractivity contribution in [3.63, 3.8) is 0 Å². The number of cyclic esters (lactones) is 2. The quantitative estimate of drug-likeness (QED) is 0.462. The van der Waals surface area contributed by atoms with Gasteiger partial charge in [0, 0.05) is 13.8 Å². The lowest BCUT2D eigenvalue weighted by Gasteiger charge is -2.36. The summed E-state index contributed by atoms with van der Waals surface area (Å²) in [5, 5.41) is 9.50. The van der Waals surface area contributed by atoms with Crippen molar-refractivity contribution in [2.75, 3.05) is 0 Å². The number of ether oxygens (including phenoxy) is 2. The fraction of sp³-hybridized carbons (Fsp3) is 0.750. The average Bonchev–Trinajstić information content (AvgIpc) is 1.98. The fourth-order valence-electron chi connectivity index (χ4n) is 1.01. The first-order valence-electron chi connectivity index (χ1n) is 4.01. The average molecular weight is 188 g/mol. The highest BCUT2D eigenvalue weighted by molar-refractivity contribution is 6.04. The third-order valence-electron chi connectivity index (χ3n) is 1.86. The minimum absolute atomic E-state index is 0.0548. The maximum Gasteiger partial charge on any atom is 0.353 e. The van der Waals surface area contributed by atoms with Crippen LogP contribution in [0.2, 0.25) is 0 Å². The highest BCUT2D eigenvalue weighted by Crippen LogP contribution is 2.27. The molecule has 1 rings (SSSR count). The van der Waals surface area contributed by atoms with E-state index in [0.29, 0.717) is 0 Å². The van der Waals surface area contributed by atoms with Crippen molar-refractivity contribution in [3.8, 4) is 0 Å². The Morgan fingerprint density at radius 2 is 1.62 bits per heavy atom. The minimum Gasteiger partial charge on any atom is -0.421 e. The molecular weight excluding hydrogens is 176 g/mol. The molecule has 1 N–H and O–H groups in total.